The monoisotopic (exact) mass is 495 g/mol. The fraction of sp³-hybridized carbons (Fsp3) is 0.391. The van der Waals surface area contributed by atoms with Crippen LogP contribution in [0, 0.1) is 0 Å². The van der Waals surface area contributed by atoms with Crippen molar-refractivity contribution in [1.29, 1.82) is 0 Å². The number of amides is 2. The minimum absolute atomic E-state index is 0.0805. The maximum atomic E-state index is 13.1. The van der Waals surface area contributed by atoms with Gasteiger partial charge in [0.25, 0.3) is 0 Å². The molecule has 0 aromatic heterocycles. The first-order valence-corrected chi connectivity index (χ1v) is 12.7. The molecule has 0 aliphatic carbocycles. The normalized spacial score (nSPS) is 12.0. The lowest BCUT2D eigenvalue weighted by atomic mass is 10.1. The zero-order valence-corrected chi connectivity index (χ0v) is 20.8. The fourth-order valence-electron chi connectivity index (χ4n) is 3.33. The number of methoxy groups -OCH3 is 1. The Morgan fingerprint density at radius 1 is 1.09 bits per heavy atom. The van der Waals surface area contributed by atoms with E-state index in [-0.39, 0.29) is 37.7 Å². The number of benzene rings is 2. The molecule has 0 fully saturated rings. The predicted molar refractivity (Wildman–Crippen MR) is 130 cm³/mol. The van der Waals surface area contributed by atoms with Crippen molar-refractivity contribution < 1.29 is 22.7 Å². The van der Waals surface area contributed by atoms with Gasteiger partial charge in [-0.25, -0.2) is 8.42 Å². The van der Waals surface area contributed by atoms with Crippen molar-refractivity contribution in [3.05, 3.63) is 59.1 Å². The van der Waals surface area contributed by atoms with E-state index in [9.17, 15) is 18.0 Å². The summed E-state index contributed by atoms with van der Waals surface area (Å²) in [6.07, 6.45) is 1.48. The summed E-state index contributed by atoms with van der Waals surface area (Å²) in [6.45, 7) is 2.03. The van der Waals surface area contributed by atoms with E-state index >= 15 is 0 Å². The molecule has 0 spiro atoms. The molecule has 180 valence electrons. The Kier molecular flexibility index (Phi) is 9.55. The molecule has 2 rings (SSSR count). The van der Waals surface area contributed by atoms with Crippen molar-refractivity contribution in [3.63, 3.8) is 0 Å². The molecule has 0 saturated heterocycles. The smallest absolute Gasteiger partial charge is 0.242 e. The second-order valence-electron chi connectivity index (χ2n) is 7.58. The number of nitrogens with zero attached hydrogens (tertiary/aromatic N) is 2. The first kappa shape index (κ1) is 26.5. The molecular weight excluding hydrogens is 466 g/mol. The molecule has 0 radical (unpaired) electrons. The number of nitrogens with one attached hydrogen (secondary N) is 1. The van der Waals surface area contributed by atoms with Crippen molar-refractivity contribution in [3.8, 4) is 5.75 Å². The van der Waals surface area contributed by atoms with Crippen LogP contribution in [0.25, 0.3) is 0 Å². The van der Waals surface area contributed by atoms with Gasteiger partial charge in [0, 0.05) is 31.6 Å². The van der Waals surface area contributed by atoms with E-state index in [1.807, 2.05) is 12.1 Å². The Labute approximate surface area is 200 Å². The van der Waals surface area contributed by atoms with E-state index in [1.165, 1.54) is 16.3 Å². The first-order valence-electron chi connectivity index (χ1n) is 10.4. The Morgan fingerprint density at radius 2 is 1.70 bits per heavy atom. The minimum Gasteiger partial charge on any atom is -0.497 e. The van der Waals surface area contributed by atoms with Crippen LogP contribution in [0.15, 0.2) is 48.5 Å². The zero-order valence-electron chi connectivity index (χ0n) is 19.2. The van der Waals surface area contributed by atoms with Crippen LogP contribution >= 0.6 is 11.6 Å². The quantitative estimate of drug-likeness (QED) is 0.517. The molecule has 0 aliphatic rings. The highest BCUT2D eigenvalue weighted by molar-refractivity contribution is 7.92. The van der Waals surface area contributed by atoms with Crippen molar-refractivity contribution in [2.75, 3.05) is 31.3 Å². The maximum absolute atomic E-state index is 13.1. The van der Waals surface area contributed by atoms with Gasteiger partial charge in [0.1, 0.15) is 11.8 Å². The summed E-state index contributed by atoms with van der Waals surface area (Å²) in [4.78, 5) is 26.8. The van der Waals surface area contributed by atoms with Gasteiger partial charge in [0.15, 0.2) is 0 Å². The number of carbonyl (C=O) groups excluding carboxylic acids is 2. The Hall–Kier alpha value is -2.78. The second-order valence-corrected chi connectivity index (χ2v) is 9.92. The van der Waals surface area contributed by atoms with Gasteiger partial charge in [-0.05, 0) is 55.3 Å². The topological polar surface area (TPSA) is 96.0 Å². The number of hydrogen-bond donors (Lipinski definition) is 1. The Bertz CT molecular complexity index is 1040. The maximum Gasteiger partial charge on any atom is 0.242 e. The number of sulfonamides is 1. The van der Waals surface area contributed by atoms with E-state index in [1.54, 1.807) is 50.4 Å². The van der Waals surface area contributed by atoms with Gasteiger partial charge in [-0.3, -0.25) is 13.9 Å². The van der Waals surface area contributed by atoms with Crippen molar-refractivity contribution in [1.82, 2.24) is 10.2 Å². The van der Waals surface area contributed by atoms with Crippen molar-refractivity contribution >= 4 is 39.1 Å². The molecule has 1 atom stereocenters. The SMILES string of the molecule is CNC(=O)[C@@H](C)N(Cc1ccc(OC)cc1)C(=O)CCCN(c1ccc(Cl)cc1)S(C)(=O)=O. The molecule has 2 aromatic rings. The van der Waals surface area contributed by atoms with Crippen LogP contribution in [0.3, 0.4) is 0 Å². The average Bonchev–Trinajstić information content (AvgIpc) is 2.79. The number of anilines is 1. The van der Waals surface area contributed by atoms with Crippen molar-refractivity contribution in [2.45, 2.75) is 32.4 Å². The van der Waals surface area contributed by atoms with Gasteiger partial charge in [0.05, 0.1) is 19.1 Å². The Morgan fingerprint density at radius 3 is 2.21 bits per heavy atom. The van der Waals surface area contributed by atoms with Gasteiger partial charge in [0.2, 0.25) is 21.8 Å². The standard InChI is InChI=1S/C23H30ClN3O5S/c1-17(23(29)25-2)26(16-18-7-13-21(32-3)14-8-18)22(28)6-5-15-27(33(4,30)31)20-11-9-19(24)10-12-20/h7-14,17H,5-6,15-16H2,1-4H3,(H,25,29)/t17-/m1/s1. The molecular formula is C23H30ClN3O5S. The highest BCUT2D eigenvalue weighted by atomic mass is 35.5. The van der Waals surface area contributed by atoms with E-state index < -0.39 is 16.1 Å². The van der Waals surface area contributed by atoms with Crippen LogP contribution in [-0.2, 0) is 26.2 Å². The summed E-state index contributed by atoms with van der Waals surface area (Å²) in [6, 6.07) is 13.0. The number of rotatable bonds is 11. The number of likely N-dealkylation sites (N-methyl/N-ethyl adjacent to an activating group) is 1. The van der Waals surface area contributed by atoms with Gasteiger partial charge >= 0.3 is 0 Å². The van der Waals surface area contributed by atoms with Gasteiger partial charge in [-0.1, -0.05) is 23.7 Å². The molecule has 2 aromatic carbocycles. The second kappa shape index (κ2) is 11.9. The number of hydrogen-bond acceptors (Lipinski definition) is 5. The third-order valence-corrected chi connectivity index (χ3v) is 6.64. The zero-order chi connectivity index (χ0) is 24.6. The lowest BCUT2D eigenvalue weighted by molar-refractivity contribution is -0.140. The van der Waals surface area contributed by atoms with Crippen LogP contribution in [0.4, 0.5) is 5.69 Å². The van der Waals surface area contributed by atoms with E-state index in [0.29, 0.717) is 16.5 Å². The number of carbonyl (C=O) groups is 2. The molecule has 0 heterocycles. The summed E-state index contributed by atoms with van der Waals surface area (Å²) in [5.74, 6) is 0.168. The lowest BCUT2D eigenvalue weighted by Gasteiger charge is -2.29. The lowest BCUT2D eigenvalue weighted by Crippen LogP contribution is -2.46. The first-order chi connectivity index (χ1) is 15.6. The third kappa shape index (κ3) is 7.64. The minimum atomic E-state index is -3.55. The van der Waals surface area contributed by atoms with Crippen LogP contribution in [0.2, 0.25) is 5.02 Å². The van der Waals surface area contributed by atoms with Crippen LogP contribution in [0.5, 0.6) is 5.75 Å². The van der Waals surface area contributed by atoms with Gasteiger partial charge in [-0.2, -0.15) is 0 Å². The van der Waals surface area contributed by atoms with Crippen LogP contribution in [0.1, 0.15) is 25.3 Å². The fourth-order valence-corrected chi connectivity index (χ4v) is 4.42. The number of halogens is 1. The van der Waals surface area contributed by atoms with E-state index in [4.69, 9.17) is 16.3 Å². The van der Waals surface area contributed by atoms with Gasteiger partial charge in [-0.15, -0.1) is 0 Å². The number of ether oxygens (including phenoxy) is 1. The largest absolute Gasteiger partial charge is 0.497 e. The molecule has 0 aliphatic heterocycles. The predicted octanol–water partition coefficient (Wildman–Crippen LogP) is 3.06. The summed E-state index contributed by atoms with van der Waals surface area (Å²) in [5, 5.41) is 3.07. The third-order valence-electron chi connectivity index (χ3n) is 5.19. The molecule has 33 heavy (non-hydrogen) atoms. The highest BCUT2D eigenvalue weighted by Crippen LogP contribution is 2.21. The summed E-state index contributed by atoms with van der Waals surface area (Å²) in [5.41, 5.74) is 1.32. The van der Waals surface area contributed by atoms with Gasteiger partial charge < -0.3 is 15.0 Å². The van der Waals surface area contributed by atoms with Crippen LogP contribution < -0.4 is 14.4 Å². The molecule has 8 nitrogen and oxygen atoms in total. The molecule has 2 amide bonds. The molecule has 0 saturated carbocycles. The molecule has 10 heteroatoms. The summed E-state index contributed by atoms with van der Waals surface area (Å²) >= 11 is 5.90. The molecule has 0 bridgehead atoms. The van der Waals surface area contributed by atoms with Crippen LogP contribution in [-0.4, -0.2) is 58.1 Å². The summed E-state index contributed by atoms with van der Waals surface area (Å²) in [7, 11) is -0.458. The Balaban J connectivity index is 2.13. The summed E-state index contributed by atoms with van der Waals surface area (Å²) < 4.78 is 31.0. The van der Waals surface area contributed by atoms with E-state index in [0.717, 1.165) is 11.8 Å². The molecule has 1 N–H and O–H groups in total. The highest BCUT2D eigenvalue weighted by Gasteiger charge is 2.26. The van der Waals surface area contributed by atoms with Crippen molar-refractivity contribution in [2.24, 2.45) is 0 Å². The van der Waals surface area contributed by atoms with E-state index in [2.05, 4.69) is 5.32 Å². The average molecular weight is 496 g/mol. The molecule has 0 unspecified atom stereocenters.